The highest BCUT2D eigenvalue weighted by Gasteiger charge is 2.45. The Morgan fingerprint density at radius 3 is 2.83 bits per heavy atom. The van der Waals surface area contributed by atoms with Crippen LogP contribution in [0.5, 0.6) is 0 Å². The third-order valence-electron chi connectivity index (χ3n) is 6.13. The van der Waals surface area contributed by atoms with Crippen LogP contribution < -0.4 is 0 Å². The predicted octanol–water partition coefficient (Wildman–Crippen LogP) is 3.58. The van der Waals surface area contributed by atoms with Gasteiger partial charge in [0.2, 0.25) is 5.91 Å². The Bertz CT molecular complexity index is 615. The van der Waals surface area contributed by atoms with Gasteiger partial charge in [-0.3, -0.25) is 4.79 Å². The minimum absolute atomic E-state index is 0.00169. The third kappa shape index (κ3) is 3.34. The van der Waals surface area contributed by atoms with Gasteiger partial charge in [-0.1, -0.05) is 12.1 Å². The molecule has 1 atom stereocenters. The Labute approximate surface area is 143 Å². The molecular formula is C20H27FN2O. The standard InChI is InChI=1S/C20H27FN2O/c21-18-4-1-3-17(13-18)15-23-19(24)7-9-20(23)8-2-11-22(12-10-20)14-16-5-6-16/h1,3-4,13,16H,2,5-12,14-15H2/t20-/m1/s1. The highest BCUT2D eigenvalue weighted by molar-refractivity contribution is 5.79. The summed E-state index contributed by atoms with van der Waals surface area (Å²) in [5.74, 6) is 0.951. The van der Waals surface area contributed by atoms with E-state index in [4.69, 9.17) is 0 Å². The quantitative estimate of drug-likeness (QED) is 0.842. The second-order valence-electron chi connectivity index (χ2n) is 7.93. The maximum Gasteiger partial charge on any atom is 0.223 e. The first-order valence-corrected chi connectivity index (χ1v) is 9.42. The van der Waals surface area contributed by atoms with Crippen LogP contribution in [0.2, 0.25) is 0 Å². The molecule has 0 unspecified atom stereocenters. The van der Waals surface area contributed by atoms with E-state index >= 15 is 0 Å². The van der Waals surface area contributed by atoms with E-state index in [9.17, 15) is 9.18 Å². The molecule has 2 aliphatic heterocycles. The molecule has 3 fully saturated rings. The van der Waals surface area contributed by atoms with Crippen LogP contribution in [-0.4, -0.2) is 40.9 Å². The first-order valence-electron chi connectivity index (χ1n) is 9.42. The number of carbonyl (C=O) groups is 1. The second kappa shape index (κ2) is 6.47. The summed E-state index contributed by atoms with van der Waals surface area (Å²) in [4.78, 5) is 17.2. The maximum absolute atomic E-state index is 13.5. The zero-order valence-electron chi connectivity index (χ0n) is 14.3. The highest BCUT2D eigenvalue weighted by Crippen LogP contribution is 2.41. The molecule has 1 aromatic rings. The second-order valence-corrected chi connectivity index (χ2v) is 7.93. The molecule has 1 amide bonds. The molecule has 0 bridgehead atoms. The van der Waals surface area contributed by atoms with Gasteiger partial charge in [-0.05, 0) is 68.7 Å². The molecule has 0 N–H and O–H groups in total. The van der Waals surface area contributed by atoms with Crippen molar-refractivity contribution in [2.45, 2.75) is 57.0 Å². The van der Waals surface area contributed by atoms with E-state index in [0.29, 0.717) is 13.0 Å². The van der Waals surface area contributed by atoms with Crippen LogP contribution in [0.25, 0.3) is 0 Å². The minimum Gasteiger partial charge on any atom is -0.333 e. The van der Waals surface area contributed by atoms with Crippen LogP contribution in [0.3, 0.4) is 0 Å². The van der Waals surface area contributed by atoms with Crippen molar-refractivity contribution in [2.75, 3.05) is 19.6 Å². The molecule has 0 radical (unpaired) electrons. The number of benzene rings is 1. The molecule has 1 spiro atoms. The van der Waals surface area contributed by atoms with Gasteiger partial charge in [-0.2, -0.15) is 0 Å². The van der Waals surface area contributed by atoms with E-state index in [-0.39, 0.29) is 17.3 Å². The average molecular weight is 330 g/mol. The van der Waals surface area contributed by atoms with Gasteiger partial charge in [0, 0.05) is 31.6 Å². The Morgan fingerprint density at radius 1 is 1.17 bits per heavy atom. The third-order valence-corrected chi connectivity index (χ3v) is 6.13. The van der Waals surface area contributed by atoms with Crippen LogP contribution in [0.15, 0.2) is 24.3 Å². The summed E-state index contributed by atoms with van der Waals surface area (Å²) in [6.07, 6.45) is 7.74. The average Bonchev–Trinajstić information content (AvgIpc) is 3.35. The molecule has 1 aromatic carbocycles. The van der Waals surface area contributed by atoms with Crippen molar-refractivity contribution in [3.05, 3.63) is 35.6 Å². The summed E-state index contributed by atoms with van der Waals surface area (Å²) in [7, 11) is 0. The molecule has 2 saturated heterocycles. The van der Waals surface area contributed by atoms with Gasteiger partial charge in [0.05, 0.1) is 0 Å². The van der Waals surface area contributed by atoms with Crippen LogP contribution in [0, 0.1) is 11.7 Å². The van der Waals surface area contributed by atoms with Crippen LogP contribution >= 0.6 is 0 Å². The Balaban J connectivity index is 1.48. The van der Waals surface area contributed by atoms with Gasteiger partial charge in [-0.25, -0.2) is 4.39 Å². The fourth-order valence-corrected chi connectivity index (χ4v) is 4.55. The lowest BCUT2D eigenvalue weighted by atomic mass is 9.87. The van der Waals surface area contributed by atoms with Crippen LogP contribution in [0.4, 0.5) is 4.39 Å². The minimum atomic E-state index is -0.218. The van der Waals surface area contributed by atoms with E-state index in [2.05, 4.69) is 9.80 Å². The largest absolute Gasteiger partial charge is 0.333 e. The Morgan fingerprint density at radius 2 is 2.04 bits per heavy atom. The number of likely N-dealkylation sites (tertiary alicyclic amines) is 2. The number of hydrogen-bond donors (Lipinski definition) is 0. The van der Waals surface area contributed by atoms with E-state index in [1.807, 2.05) is 6.07 Å². The SMILES string of the molecule is O=C1CC[C@@]2(CCCN(CC3CC3)CC2)N1Cc1cccc(F)c1. The maximum atomic E-state index is 13.5. The number of halogens is 1. The number of rotatable bonds is 4. The first-order chi connectivity index (χ1) is 11.6. The van der Waals surface area contributed by atoms with Gasteiger partial charge in [0.15, 0.2) is 0 Å². The summed E-state index contributed by atoms with van der Waals surface area (Å²) in [6, 6.07) is 6.70. The molecule has 24 heavy (non-hydrogen) atoms. The lowest BCUT2D eigenvalue weighted by Gasteiger charge is -2.38. The van der Waals surface area contributed by atoms with Crippen molar-refractivity contribution in [1.29, 1.82) is 0 Å². The zero-order valence-corrected chi connectivity index (χ0v) is 14.3. The lowest BCUT2D eigenvalue weighted by Crippen LogP contribution is -2.46. The number of hydrogen-bond acceptors (Lipinski definition) is 2. The van der Waals surface area contributed by atoms with Crippen molar-refractivity contribution in [2.24, 2.45) is 5.92 Å². The molecule has 1 aliphatic carbocycles. The highest BCUT2D eigenvalue weighted by atomic mass is 19.1. The van der Waals surface area contributed by atoms with Gasteiger partial charge in [-0.15, -0.1) is 0 Å². The van der Waals surface area contributed by atoms with E-state index in [0.717, 1.165) is 37.3 Å². The van der Waals surface area contributed by atoms with E-state index in [1.54, 1.807) is 12.1 Å². The smallest absolute Gasteiger partial charge is 0.223 e. The van der Waals surface area contributed by atoms with Gasteiger partial charge in [0.1, 0.15) is 5.82 Å². The van der Waals surface area contributed by atoms with Crippen LogP contribution in [-0.2, 0) is 11.3 Å². The molecule has 3 nitrogen and oxygen atoms in total. The fraction of sp³-hybridized carbons (Fsp3) is 0.650. The lowest BCUT2D eigenvalue weighted by molar-refractivity contribution is -0.132. The van der Waals surface area contributed by atoms with Crippen molar-refractivity contribution in [3.8, 4) is 0 Å². The van der Waals surface area contributed by atoms with Crippen molar-refractivity contribution < 1.29 is 9.18 Å². The normalized spacial score (nSPS) is 28.5. The molecule has 0 aromatic heterocycles. The molecule has 2 heterocycles. The Hall–Kier alpha value is -1.42. The number of nitrogens with zero attached hydrogens (tertiary/aromatic N) is 2. The van der Waals surface area contributed by atoms with E-state index < -0.39 is 0 Å². The molecule has 1 saturated carbocycles. The monoisotopic (exact) mass is 330 g/mol. The Kier molecular flexibility index (Phi) is 4.33. The van der Waals surface area contributed by atoms with E-state index in [1.165, 1.54) is 38.4 Å². The summed E-state index contributed by atoms with van der Waals surface area (Å²) < 4.78 is 13.5. The van der Waals surface area contributed by atoms with Crippen molar-refractivity contribution in [3.63, 3.8) is 0 Å². The van der Waals surface area contributed by atoms with Gasteiger partial charge in [0.25, 0.3) is 0 Å². The number of amides is 1. The predicted molar refractivity (Wildman–Crippen MR) is 91.9 cm³/mol. The zero-order chi connectivity index (χ0) is 16.6. The number of carbonyl (C=O) groups excluding carboxylic acids is 1. The van der Waals surface area contributed by atoms with Crippen LogP contribution in [0.1, 0.15) is 50.5 Å². The van der Waals surface area contributed by atoms with Crippen molar-refractivity contribution >= 4 is 5.91 Å². The molecule has 130 valence electrons. The van der Waals surface area contributed by atoms with Crippen molar-refractivity contribution in [1.82, 2.24) is 9.80 Å². The summed E-state index contributed by atoms with van der Waals surface area (Å²) in [5, 5.41) is 0. The van der Waals surface area contributed by atoms with Gasteiger partial charge >= 0.3 is 0 Å². The fourth-order valence-electron chi connectivity index (χ4n) is 4.55. The molecular weight excluding hydrogens is 303 g/mol. The summed E-state index contributed by atoms with van der Waals surface area (Å²) in [6.45, 7) is 4.07. The molecule has 3 aliphatic rings. The topological polar surface area (TPSA) is 23.6 Å². The van der Waals surface area contributed by atoms with Gasteiger partial charge < -0.3 is 9.80 Å². The molecule has 4 heteroatoms. The molecule has 4 rings (SSSR count). The first kappa shape index (κ1) is 16.1. The summed E-state index contributed by atoms with van der Waals surface area (Å²) >= 11 is 0. The summed E-state index contributed by atoms with van der Waals surface area (Å²) in [5.41, 5.74) is 0.908.